The molecule has 3 amide bonds. The molecule has 0 fully saturated rings. The summed E-state index contributed by atoms with van der Waals surface area (Å²) >= 11 is 0. The molecule has 0 saturated carbocycles. The van der Waals surface area contributed by atoms with Crippen LogP contribution in [0, 0.1) is 0 Å². The van der Waals surface area contributed by atoms with Gasteiger partial charge in [-0.1, -0.05) is 18.2 Å². The van der Waals surface area contributed by atoms with Crippen molar-refractivity contribution in [2.75, 3.05) is 22.4 Å². The number of hydrogen-bond donors (Lipinski definition) is 4. The Morgan fingerprint density at radius 1 is 0.700 bits per heavy atom. The van der Waals surface area contributed by atoms with Gasteiger partial charge in [0.25, 0.3) is 15.9 Å². The number of anilines is 3. The molecule has 0 atom stereocenters. The van der Waals surface area contributed by atoms with E-state index in [1.807, 2.05) is 0 Å². The van der Waals surface area contributed by atoms with E-state index in [1.54, 1.807) is 54.6 Å². The summed E-state index contributed by atoms with van der Waals surface area (Å²) in [6, 6.07) is 20.4. The maximum Gasteiger partial charge on any atom is 0.318 e. The number of para-hydroxylation sites is 1. The van der Waals surface area contributed by atoms with Crippen LogP contribution >= 0.6 is 0 Å². The molecule has 30 heavy (non-hydrogen) atoms. The summed E-state index contributed by atoms with van der Waals surface area (Å²) in [6.45, 7) is 0. The van der Waals surface area contributed by atoms with Gasteiger partial charge < -0.3 is 16.0 Å². The number of carbonyl (C=O) groups is 2. The predicted molar refractivity (Wildman–Crippen MR) is 116 cm³/mol. The lowest BCUT2D eigenvalue weighted by atomic mass is 10.2. The summed E-state index contributed by atoms with van der Waals surface area (Å²) in [6.07, 6.45) is 0. The molecule has 4 N–H and O–H groups in total. The highest BCUT2D eigenvalue weighted by Gasteiger charge is 2.15. The van der Waals surface area contributed by atoms with Crippen LogP contribution in [0.25, 0.3) is 0 Å². The first-order chi connectivity index (χ1) is 14.4. The van der Waals surface area contributed by atoms with Crippen LogP contribution in [0.4, 0.5) is 21.9 Å². The molecule has 0 radical (unpaired) electrons. The Morgan fingerprint density at radius 3 is 1.83 bits per heavy atom. The fourth-order valence-corrected chi connectivity index (χ4v) is 3.60. The molecule has 3 aromatic rings. The predicted octanol–water partition coefficient (Wildman–Crippen LogP) is 3.49. The first-order valence-corrected chi connectivity index (χ1v) is 10.4. The van der Waals surface area contributed by atoms with Crippen molar-refractivity contribution in [2.24, 2.45) is 0 Å². The molecule has 0 aliphatic heterocycles. The molecule has 0 bridgehead atoms. The lowest BCUT2D eigenvalue weighted by molar-refractivity contribution is 0.102. The van der Waals surface area contributed by atoms with Gasteiger partial charge >= 0.3 is 6.03 Å². The molecule has 0 aliphatic carbocycles. The normalized spacial score (nSPS) is 10.7. The molecular weight excluding hydrogens is 404 g/mol. The number of rotatable bonds is 6. The van der Waals surface area contributed by atoms with Crippen LogP contribution in [0.1, 0.15) is 10.4 Å². The number of nitrogens with one attached hydrogen (secondary N) is 4. The van der Waals surface area contributed by atoms with Gasteiger partial charge in [0.15, 0.2) is 0 Å². The lowest BCUT2D eigenvalue weighted by Gasteiger charge is -2.10. The molecule has 3 aromatic carbocycles. The van der Waals surface area contributed by atoms with Crippen LogP contribution in [0.5, 0.6) is 0 Å². The minimum atomic E-state index is -3.75. The van der Waals surface area contributed by atoms with E-state index in [9.17, 15) is 18.0 Å². The van der Waals surface area contributed by atoms with Gasteiger partial charge in [0.1, 0.15) is 0 Å². The zero-order valence-electron chi connectivity index (χ0n) is 16.0. The van der Waals surface area contributed by atoms with Gasteiger partial charge in [0.2, 0.25) is 0 Å². The molecule has 0 heterocycles. The van der Waals surface area contributed by atoms with Crippen molar-refractivity contribution in [1.82, 2.24) is 5.32 Å². The fourth-order valence-electron chi connectivity index (χ4n) is 2.54. The summed E-state index contributed by atoms with van der Waals surface area (Å²) < 4.78 is 27.4. The highest BCUT2D eigenvalue weighted by molar-refractivity contribution is 7.92. The third kappa shape index (κ3) is 5.36. The van der Waals surface area contributed by atoms with Gasteiger partial charge in [-0.15, -0.1) is 0 Å². The van der Waals surface area contributed by atoms with Crippen molar-refractivity contribution >= 4 is 39.0 Å². The van der Waals surface area contributed by atoms with E-state index in [4.69, 9.17) is 0 Å². The Balaban J connectivity index is 1.65. The summed E-state index contributed by atoms with van der Waals surface area (Å²) in [5, 5.41) is 7.78. The van der Waals surface area contributed by atoms with Crippen LogP contribution in [-0.2, 0) is 10.0 Å². The smallest absolute Gasteiger partial charge is 0.318 e. The zero-order valence-corrected chi connectivity index (χ0v) is 16.9. The van der Waals surface area contributed by atoms with Gasteiger partial charge in [-0.2, -0.15) is 0 Å². The number of hydrogen-bond acceptors (Lipinski definition) is 4. The van der Waals surface area contributed by atoms with Gasteiger partial charge in [0.05, 0.1) is 4.90 Å². The van der Waals surface area contributed by atoms with E-state index in [0.29, 0.717) is 22.6 Å². The summed E-state index contributed by atoms with van der Waals surface area (Å²) in [7, 11) is -2.24. The minimum absolute atomic E-state index is 0.0486. The van der Waals surface area contributed by atoms with Crippen molar-refractivity contribution in [3.63, 3.8) is 0 Å². The van der Waals surface area contributed by atoms with Crippen molar-refractivity contribution in [3.05, 3.63) is 84.4 Å². The van der Waals surface area contributed by atoms with Crippen LogP contribution in [0.3, 0.4) is 0 Å². The highest BCUT2D eigenvalue weighted by atomic mass is 32.2. The van der Waals surface area contributed by atoms with Crippen LogP contribution in [0.15, 0.2) is 83.8 Å². The van der Waals surface area contributed by atoms with Crippen molar-refractivity contribution in [3.8, 4) is 0 Å². The maximum atomic E-state index is 12.5. The van der Waals surface area contributed by atoms with Crippen molar-refractivity contribution in [1.29, 1.82) is 0 Å². The third-order valence-electron chi connectivity index (χ3n) is 4.08. The monoisotopic (exact) mass is 424 g/mol. The van der Waals surface area contributed by atoms with E-state index in [-0.39, 0.29) is 16.8 Å². The Kier molecular flexibility index (Phi) is 6.33. The number of amides is 3. The second kappa shape index (κ2) is 9.10. The van der Waals surface area contributed by atoms with Gasteiger partial charge in [0, 0.05) is 29.7 Å². The maximum absolute atomic E-state index is 12.5. The largest absolute Gasteiger partial charge is 0.341 e. The second-order valence-corrected chi connectivity index (χ2v) is 7.91. The van der Waals surface area contributed by atoms with Crippen LogP contribution < -0.4 is 20.7 Å². The second-order valence-electron chi connectivity index (χ2n) is 6.23. The molecular formula is C21H20N4O4S. The molecule has 0 saturated heterocycles. The highest BCUT2D eigenvalue weighted by Crippen LogP contribution is 2.18. The molecule has 0 aliphatic rings. The third-order valence-corrected chi connectivity index (χ3v) is 5.48. The molecule has 0 aromatic heterocycles. The number of sulfonamides is 1. The molecule has 8 nitrogen and oxygen atoms in total. The number of carbonyl (C=O) groups excluding carboxylic acids is 2. The molecule has 154 valence electrons. The standard InChI is InChI=1S/C21H20N4O4S/c1-22-21(27)24-17-11-9-16(10-12-17)23-20(26)15-7-13-19(14-8-15)30(28,29)25-18-5-3-2-4-6-18/h2-14,25H,1H3,(H,23,26)(H2,22,24,27). The Hall–Kier alpha value is -3.85. The van der Waals surface area contributed by atoms with Gasteiger partial charge in [-0.3, -0.25) is 9.52 Å². The molecule has 9 heteroatoms. The summed E-state index contributed by atoms with van der Waals surface area (Å²) in [5.41, 5.74) is 1.87. The first-order valence-electron chi connectivity index (χ1n) is 8.95. The van der Waals surface area contributed by atoms with E-state index in [2.05, 4.69) is 20.7 Å². The fraction of sp³-hybridized carbons (Fsp3) is 0.0476. The average Bonchev–Trinajstić information content (AvgIpc) is 2.75. The Bertz CT molecular complexity index is 1130. The first kappa shape index (κ1) is 20.9. The minimum Gasteiger partial charge on any atom is -0.341 e. The molecule has 3 rings (SSSR count). The van der Waals surface area contributed by atoms with E-state index in [0.717, 1.165) is 0 Å². The zero-order chi connectivity index (χ0) is 21.6. The van der Waals surface area contributed by atoms with Gasteiger partial charge in [-0.25, -0.2) is 13.2 Å². The SMILES string of the molecule is CNC(=O)Nc1ccc(NC(=O)c2ccc(S(=O)(=O)Nc3ccccc3)cc2)cc1. The van der Waals surface area contributed by atoms with Crippen LogP contribution in [0.2, 0.25) is 0 Å². The Morgan fingerprint density at radius 2 is 1.27 bits per heavy atom. The Labute approximate surface area is 174 Å². The van der Waals surface area contributed by atoms with Crippen molar-refractivity contribution < 1.29 is 18.0 Å². The number of urea groups is 1. The van der Waals surface area contributed by atoms with E-state index >= 15 is 0 Å². The summed E-state index contributed by atoms with van der Waals surface area (Å²) in [4.78, 5) is 23.8. The topological polar surface area (TPSA) is 116 Å². The van der Waals surface area contributed by atoms with Crippen LogP contribution in [-0.4, -0.2) is 27.4 Å². The van der Waals surface area contributed by atoms with Crippen molar-refractivity contribution in [2.45, 2.75) is 4.90 Å². The average molecular weight is 424 g/mol. The van der Waals surface area contributed by atoms with E-state index < -0.39 is 10.0 Å². The number of benzene rings is 3. The van der Waals surface area contributed by atoms with E-state index in [1.165, 1.54) is 31.3 Å². The lowest BCUT2D eigenvalue weighted by Crippen LogP contribution is -2.24. The molecule has 0 unspecified atom stereocenters. The summed E-state index contributed by atoms with van der Waals surface area (Å²) in [5.74, 6) is -0.387. The van der Waals surface area contributed by atoms with Gasteiger partial charge in [-0.05, 0) is 60.7 Å². The quantitative estimate of drug-likeness (QED) is 0.485. The molecule has 0 spiro atoms.